The van der Waals surface area contributed by atoms with Crippen molar-refractivity contribution in [3.63, 3.8) is 0 Å². The van der Waals surface area contributed by atoms with E-state index >= 15 is 0 Å². The molecule has 0 spiro atoms. The third kappa shape index (κ3) is 6.13. The molecule has 170 valence electrons. The molecule has 1 aliphatic heterocycles. The summed E-state index contributed by atoms with van der Waals surface area (Å²) in [5, 5.41) is 0. The van der Waals surface area contributed by atoms with Crippen LogP contribution in [-0.4, -0.2) is 64.7 Å². The van der Waals surface area contributed by atoms with Crippen molar-refractivity contribution < 1.29 is 31.4 Å². The molecule has 0 unspecified atom stereocenters. The first kappa shape index (κ1) is 23.4. The van der Waals surface area contributed by atoms with Crippen molar-refractivity contribution in [1.82, 2.24) is 9.21 Å². The number of alkyl halides is 2. The maximum absolute atomic E-state index is 12.9. The Labute approximate surface area is 181 Å². The normalized spacial score (nSPS) is 15.4. The second kappa shape index (κ2) is 10.4. The van der Waals surface area contributed by atoms with Crippen molar-refractivity contribution in [2.75, 3.05) is 40.5 Å². The summed E-state index contributed by atoms with van der Waals surface area (Å²) in [6, 6.07) is 11.7. The minimum atomic E-state index is -3.56. The SMILES string of the molecule is COc1cc(CN(C)Cc2cccc(S(=O)(=O)N3CCOCC3)c2)ccc1OC(F)F. The smallest absolute Gasteiger partial charge is 0.387 e. The number of sulfonamides is 1. The van der Waals surface area contributed by atoms with Gasteiger partial charge in [0.15, 0.2) is 11.5 Å². The summed E-state index contributed by atoms with van der Waals surface area (Å²) in [7, 11) is -0.281. The molecule has 1 fully saturated rings. The molecule has 0 N–H and O–H groups in total. The molecule has 31 heavy (non-hydrogen) atoms. The number of rotatable bonds is 9. The Bertz CT molecular complexity index is 981. The Hall–Kier alpha value is -2.27. The largest absolute Gasteiger partial charge is 0.493 e. The van der Waals surface area contributed by atoms with E-state index in [1.54, 1.807) is 30.3 Å². The Morgan fingerprint density at radius 3 is 2.39 bits per heavy atom. The van der Waals surface area contributed by atoms with Crippen molar-refractivity contribution in [2.24, 2.45) is 0 Å². The number of hydrogen-bond acceptors (Lipinski definition) is 6. The molecule has 0 saturated carbocycles. The number of nitrogens with zero attached hydrogens (tertiary/aromatic N) is 2. The predicted molar refractivity (Wildman–Crippen MR) is 111 cm³/mol. The van der Waals surface area contributed by atoms with E-state index in [0.717, 1.165) is 11.1 Å². The van der Waals surface area contributed by atoms with E-state index < -0.39 is 16.6 Å². The number of methoxy groups -OCH3 is 1. The number of benzene rings is 2. The molecular formula is C21H26F2N2O5S. The lowest BCUT2D eigenvalue weighted by Gasteiger charge is -2.26. The third-order valence-electron chi connectivity index (χ3n) is 4.86. The fourth-order valence-electron chi connectivity index (χ4n) is 3.42. The van der Waals surface area contributed by atoms with Gasteiger partial charge in [-0.25, -0.2) is 8.42 Å². The number of ether oxygens (including phenoxy) is 3. The summed E-state index contributed by atoms with van der Waals surface area (Å²) in [5.74, 6) is 0.203. The molecule has 10 heteroatoms. The molecule has 0 atom stereocenters. The van der Waals surface area contributed by atoms with Gasteiger partial charge in [0.2, 0.25) is 10.0 Å². The van der Waals surface area contributed by atoms with Crippen LogP contribution in [0.2, 0.25) is 0 Å². The standard InChI is InChI=1S/C21H26F2N2O5S/c1-24(15-17-6-7-19(30-21(22)23)20(13-17)28-2)14-16-4-3-5-18(12-16)31(26,27)25-8-10-29-11-9-25/h3-7,12-13,21H,8-11,14-15H2,1-2H3. The van der Waals surface area contributed by atoms with E-state index in [0.29, 0.717) is 39.4 Å². The van der Waals surface area contributed by atoms with Crippen LogP contribution >= 0.6 is 0 Å². The topological polar surface area (TPSA) is 68.3 Å². The molecule has 0 radical (unpaired) electrons. The van der Waals surface area contributed by atoms with Gasteiger partial charge in [-0.1, -0.05) is 18.2 Å². The first-order chi connectivity index (χ1) is 14.8. The highest BCUT2D eigenvalue weighted by Crippen LogP contribution is 2.30. The van der Waals surface area contributed by atoms with Gasteiger partial charge in [0.1, 0.15) is 0 Å². The molecule has 1 heterocycles. The molecule has 3 rings (SSSR count). The fraction of sp³-hybridized carbons (Fsp3) is 0.429. The first-order valence-corrected chi connectivity index (χ1v) is 11.2. The predicted octanol–water partition coefficient (Wildman–Crippen LogP) is 2.95. The zero-order valence-corrected chi connectivity index (χ0v) is 18.3. The average molecular weight is 457 g/mol. The summed E-state index contributed by atoms with van der Waals surface area (Å²) in [6.07, 6.45) is 0. The van der Waals surface area contributed by atoms with Gasteiger partial charge in [-0.05, 0) is 42.4 Å². The van der Waals surface area contributed by atoms with Crippen LogP contribution < -0.4 is 9.47 Å². The maximum Gasteiger partial charge on any atom is 0.387 e. The second-order valence-electron chi connectivity index (χ2n) is 7.20. The van der Waals surface area contributed by atoms with E-state index in [2.05, 4.69) is 4.74 Å². The van der Waals surface area contributed by atoms with Crippen molar-refractivity contribution in [2.45, 2.75) is 24.6 Å². The first-order valence-electron chi connectivity index (χ1n) is 9.76. The van der Waals surface area contributed by atoms with E-state index in [1.807, 2.05) is 18.0 Å². The monoisotopic (exact) mass is 456 g/mol. The van der Waals surface area contributed by atoms with Crippen molar-refractivity contribution in [3.05, 3.63) is 53.6 Å². The zero-order chi connectivity index (χ0) is 22.4. The molecule has 0 aromatic heterocycles. The summed E-state index contributed by atoms with van der Waals surface area (Å²) in [6.45, 7) is -0.434. The van der Waals surface area contributed by atoms with Crippen LogP contribution in [0.1, 0.15) is 11.1 Å². The summed E-state index contributed by atoms with van der Waals surface area (Å²) in [5.41, 5.74) is 1.69. The second-order valence-corrected chi connectivity index (χ2v) is 9.14. The molecular weight excluding hydrogens is 430 g/mol. The van der Waals surface area contributed by atoms with Crippen LogP contribution in [0.4, 0.5) is 8.78 Å². The fourth-order valence-corrected chi connectivity index (χ4v) is 4.90. The lowest BCUT2D eigenvalue weighted by molar-refractivity contribution is -0.0512. The van der Waals surface area contributed by atoms with Crippen LogP contribution in [0.15, 0.2) is 47.4 Å². The van der Waals surface area contributed by atoms with Crippen LogP contribution in [-0.2, 0) is 27.8 Å². The number of hydrogen-bond donors (Lipinski definition) is 0. The van der Waals surface area contributed by atoms with E-state index in [9.17, 15) is 17.2 Å². The van der Waals surface area contributed by atoms with Crippen LogP contribution in [0.3, 0.4) is 0 Å². The van der Waals surface area contributed by atoms with E-state index in [1.165, 1.54) is 17.5 Å². The Morgan fingerprint density at radius 1 is 1.06 bits per heavy atom. The van der Waals surface area contributed by atoms with Gasteiger partial charge in [0.05, 0.1) is 25.2 Å². The Kier molecular flexibility index (Phi) is 7.82. The maximum atomic E-state index is 12.9. The molecule has 1 aliphatic rings. The molecule has 2 aromatic rings. The molecule has 7 nitrogen and oxygen atoms in total. The molecule has 0 aliphatic carbocycles. The van der Waals surface area contributed by atoms with Gasteiger partial charge in [0.25, 0.3) is 0 Å². The van der Waals surface area contributed by atoms with Gasteiger partial charge in [-0.15, -0.1) is 0 Å². The average Bonchev–Trinajstić information content (AvgIpc) is 2.75. The quantitative estimate of drug-likeness (QED) is 0.578. The Morgan fingerprint density at radius 2 is 1.74 bits per heavy atom. The van der Waals surface area contributed by atoms with Gasteiger partial charge < -0.3 is 14.2 Å². The van der Waals surface area contributed by atoms with Crippen molar-refractivity contribution in [1.29, 1.82) is 0 Å². The van der Waals surface area contributed by atoms with Crippen LogP contribution in [0.25, 0.3) is 0 Å². The minimum Gasteiger partial charge on any atom is -0.493 e. The lowest BCUT2D eigenvalue weighted by Crippen LogP contribution is -2.40. The number of halogens is 2. The molecule has 2 aromatic carbocycles. The van der Waals surface area contributed by atoms with E-state index in [4.69, 9.17) is 9.47 Å². The minimum absolute atomic E-state index is 0.0232. The van der Waals surface area contributed by atoms with Gasteiger partial charge in [0, 0.05) is 26.2 Å². The number of morpholine rings is 1. The zero-order valence-electron chi connectivity index (χ0n) is 17.5. The van der Waals surface area contributed by atoms with Crippen molar-refractivity contribution >= 4 is 10.0 Å². The van der Waals surface area contributed by atoms with Gasteiger partial charge in [-0.2, -0.15) is 13.1 Å². The highest BCUT2D eigenvalue weighted by Gasteiger charge is 2.26. The highest BCUT2D eigenvalue weighted by molar-refractivity contribution is 7.89. The summed E-state index contributed by atoms with van der Waals surface area (Å²) >= 11 is 0. The third-order valence-corrected chi connectivity index (χ3v) is 6.75. The highest BCUT2D eigenvalue weighted by atomic mass is 32.2. The molecule has 0 bridgehead atoms. The molecule has 0 amide bonds. The van der Waals surface area contributed by atoms with Gasteiger partial charge >= 0.3 is 6.61 Å². The Balaban J connectivity index is 1.68. The van der Waals surface area contributed by atoms with Crippen LogP contribution in [0, 0.1) is 0 Å². The van der Waals surface area contributed by atoms with Crippen LogP contribution in [0.5, 0.6) is 11.5 Å². The summed E-state index contributed by atoms with van der Waals surface area (Å²) < 4.78 is 67.0. The van der Waals surface area contributed by atoms with Gasteiger partial charge in [-0.3, -0.25) is 4.90 Å². The lowest BCUT2D eigenvalue weighted by atomic mass is 10.1. The van der Waals surface area contributed by atoms with Crippen molar-refractivity contribution in [3.8, 4) is 11.5 Å². The van der Waals surface area contributed by atoms with E-state index in [-0.39, 0.29) is 16.4 Å². The summed E-state index contributed by atoms with van der Waals surface area (Å²) in [4.78, 5) is 2.25. The molecule has 1 saturated heterocycles.